The number of hydrogen-bond acceptors (Lipinski definition) is 4. The molecule has 0 N–H and O–H groups in total. The van der Waals surface area contributed by atoms with E-state index in [1.165, 1.54) is 19.0 Å². The van der Waals surface area contributed by atoms with Crippen LogP contribution in [0, 0.1) is 17.2 Å². The van der Waals surface area contributed by atoms with Crippen molar-refractivity contribution in [3.8, 4) is 28.7 Å². The third-order valence-electron chi connectivity index (χ3n) is 5.58. The molecular formula is C24H20N4O2. The van der Waals surface area contributed by atoms with Crippen molar-refractivity contribution in [2.75, 3.05) is 0 Å². The smallest absolute Gasteiger partial charge is 0.328 e. The van der Waals surface area contributed by atoms with Crippen LogP contribution < -0.4 is 10.4 Å². The summed E-state index contributed by atoms with van der Waals surface area (Å²) < 4.78 is 9.54. The van der Waals surface area contributed by atoms with E-state index in [1.54, 1.807) is 16.8 Å². The van der Waals surface area contributed by atoms with Crippen LogP contribution in [0.2, 0.25) is 0 Å². The summed E-state index contributed by atoms with van der Waals surface area (Å²) in [6.07, 6.45) is 5.50. The largest absolute Gasteiger partial charge is 0.456 e. The van der Waals surface area contributed by atoms with Gasteiger partial charge in [-0.15, -0.1) is 0 Å². The highest BCUT2D eigenvalue weighted by Crippen LogP contribution is 2.33. The number of aryl methyl sites for hydroxylation is 1. The Hall–Kier alpha value is -3.85. The average molecular weight is 396 g/mol. The summed E-state index contributed by atoms with van der Waals surface area (Å²) in [5.74, 6) is 1.74. The second kappa shape index (κ2) is 7.20. The van der Waals surface area contributed by atoms with Crippen LogP contribution in [0.3, 0.4) is 0 Å². The number of nitrogens with zero attached hydrogens (tertiary/aromatic N) is 4. The molecule has 6 heteroatoms. The predicted molar refractivity (Wildman–Crippen MR) is 114 cm³/mol. The second-order valence-corrected chi connectivity index (χ2v) is 7.71. The number of benzene rings is 2. The van der Waals surface area contributed by atoms with Gasteiger partial charge < -0.3 is 4.74 Å². The molecule has 148 valence electrons. The lowest BCUT2D eigenvalue weighted by Gasteiger charge is -2.09. The molecule has 0 unspecified atom stereocenters. The monoisotopic (exact) mass is 396 g/mol. The molecule has 0 aliphatic heterocycles. The predicted octanol–water partition coefficient (Wildman–Crippen LogP) is 4.48. The Bertz CT molecular complexity index is 1360. The van der Waals surface area contributed by atoms with Crippen molar-refractivity contribution in [2.24, 2.45) is 13.0 Å². The molecule has 1 aliphatic carbocycles. The summed E-state index contributed by atoms with van der Waals surface area (Å²) in [6.45, 7) is 0.798. The lowest BCUT2D eigenvalue weighted by atomic mass is 10.0. The van der Waals surface area contributed by atoms with Crippen LogP contribution >= 0.6 is 0 Å². The van der Waals surface area contributed by atoms with Crippen LogP contribution in [0.4, 0.5) is 0 Å². The van der Waals surface area contributed by atoms with Crippen LogP contribution in [0.25, 0.3) is 22.2 Å². The van der Waals surface area contributed by atoms with E-state index in [9.17, 15) is 10.1 Å². The van der Waals surface area contributed by atoms with E-state index in [1.807, 2.05) is 54.1 Å². The van der Waals surface area contributed by atoms with Crippen molar-refractivity contribution in [3.05, 3.63) is 77.0 Å². The molecule has 6 nitrogen and oxygen atoms in total. The van der Waals surface area contributed by atoms with E-state index >= 15 is 0 Å². The van der Waals surface area contributed by atoms with Gasteiger partial charge in [0.15, 0.2) is 0 Å². The molecule has 0 saturated heterocycles. The van der Waals surface area contributed by atoms with E-state index in [-0.39, 0.29) is 5.69 Å². The lowest BCUT2D eigenvalue weighted by Crippen LogP contribution is -2.22. The number of pyridine rings is 1. The number of hydrogen-bond donors (Lipinski definition) is 0. The molecule has 0 bridgehead atoms. The van der Waals surface area contributed by atoms with E-state index in [0.717, 1.165) is 28.7 Å². The van der Waals surface area contributed by atoms with Gasteiger partial charge in [0.25, 0.3) is 0 Å². The quantitative estimate of drug-likeness (QED) is 0.499. The van der Waals surface area contributed by atoms with Gasteiger partial charge in [0.05, 0.1) is 11.0 Å². The maximum atomic E-state index is 12.7. The fourth-order valence-electron chi connectivity index (χ4n) is 3.74. The SMILES string of the molecule is Cn1c(=O)n(CC2CC2)c2ccc(-c3cccc(Oc4ccncc4C#N)c3)cc21. The van der Waals surface area contributed by atoms with Gasteiger partial charge >= 0.3 is 5.69 Å². The first-order valence-corrected chi connectivity index (χ1v) is 9.96. The fraction of sp³-hybridized carbons (Fsp3) is 0.208. The van der Waals surface area contributed by atoms with Gasteiger partial charge in [-0.2, -0.15) is 5.26 Å². The molecule has 0 radical (unpaired) electrons. The van der Waals surface area contributed by atoms with Crippen LogP contribution in [0.15, 0.2) is 65.7 Å². The van der Waals surface area contributed by atoms with E-state index in [4.69, 9.17) is 4.74 Å². The highest BCUT2D eigenvalue weighted by molar-refractivity contribution is 5.83. The Morgan fingerprint density at radius 3 is 2.77 bits per heavy atom. The zero-order chi connectivity index (χ0) is 20.7. The van der Waals surface area contributed by atoms with Crippen molar-refractivity contribution >= 4 is 11.0 Å². The van der Waals surface area contributed by atoms with Crippen LogP contribution in [-0.2, 0) is 13.6 Å². The normalized spacial score (nSPS) is 13.3. The van der Waals surface area contributed by atoms with Gasteiger partial charge in [-0.3, -0.25) is 14.1 Å². The first-order chi connectivity index (χ1) is 14.6. The average Bonchev–Trinajstić information content (AvgIpc) is 3.57. The number of ether oxygens (including phenoxy) is 1. The highest BCUT2D eigenvalue weighted by Gasteiger charge is 2.24. The van der Waals surface area contributed by atoms with Crippen molar-refractivity contribution in [1.29, 1.82) is 5.26 Å². The first-order valence-electron chi connectivity index (χ1n) is 9.96. The van der Waals surface area contributed by atoms with Crippen molar-refractivity contribution in [1.82, 2.24) is 14.1 Å². The molecule has 1 saturated carbocycles. The number of imidazole rings is 1. The Labute approximate surface area is 173 Å². The van der Waals surface area contributed by atoms with Crippen LogP contribution in [0.5, 0.6) is 11.5 Å². The van der Waals surface area contributed by atoms with Crippen molar-refractivity contribution in [3.63, 3.8) is 0 Å². The number of rotatable bonds is 5. The Morgan fingerprint density at radius 2 is 1.97 bits per heavy atom. The molecule has 0 atom stereocenters. The maximum Gasteiger partial charge on any atom is 0.328 e. The van der Waals surface area contributed by atoms with Gasteiger partial charge in [0.2, 0.25) is 0 Å². The molecular weight excluding hydrogens is 376 g/mol. The number of aromatic nitrogens is 3. The zero-order valence-corrected chi connectivity index (χ0v) is 16.6. The molecule has 2 aromatic heterocycles. The van der Waals surface area contributed by atoms with Crippen LogP contribution in [-0.4, -0.2) is 14.1 Å². The minimum absolute atomic E-state index is 0.0351. The summed E-state index contributed by atoms with van der Waals surface area (Å²) in [4.78, 5) is 16.6. The molecule has 2 heterocycles. The fourth-order valence-corrected chi connectivity index (χ4v) is 3.74. The van der Waals surface area contributed by atoms with Gasteiger partial charge in [0, 0.05) is 32.1 Å². The first kappa shape index (κ1) is 18.2. The lowest BCUT2D eigenvalue weighted by molar-refractivity contribution is 0.480. The summed E-state index contributed by atoms with van der Waals surface area (Å²) in [5.41, 5.74) is 4.29. The maximum absolute atomic E-state index is 12.7. The molecule has 2 aromatic carbocycles. The Balaban J connectivity index is 1.51. The second-order valence-electron chi connectivity index (χ2n) is 7.71. The Kier molecular flexibility index (Phi) is 4.36. The van der Waals surface area contributed by atoms with E-state index in [0.29, 0.717) is 23.0 Å². The molecule has 5 rings (SSSR count). The minimum atomic E-state index is 0.0351. The van der Waals surface area contributed by atoms with Gasteiger partial charge in [-0.25, -0.2) is 4.79 Å². The van der Waals surface area contributed by atoms with Crippen LogP contribution in [0.1, 0.15) is 18.4 Å². The van der Waals surface area contributed by atoms with Gasteiger partial charge in [-0.05, 0) is 54.2 Å². The summed E-state index contributed by atoms with van der Waals surface area (Å²) >= 11 is 0. The van der Waals surface area contributed by atoms with E-state index in [2.05, 4.69) is 11.1 Å². The standard InChI is InChI=1S/C24H20N4O2/c1-27-22-12-18(7-8-21(22)28(24(27)29)15-16-5-6-16)17-3-2-4-20(11-17)30-23-9-10-26-14-19(23)13-25/h2-4,7-12,14,16H,5-6,15H2,1H3. The number of fused-ring (bicyclic) bond motifs is 1. The summed E-state index contributed by atoms with van der Waals surface area (Å²) in [5, 5.41) is 9.24. The molecule has 4 aromatic rings. The topological polar surface area (TPSA) is 72.8 Å². The van der Waals surface area contributed by atoms with Crippen molar-refractivity contribution in [2.45, 2.75) is 19.4 Å². The third kappa shape index (κ3) is 3.25. The zero-order valence-electron chi connectivity index (χ0n) is 16.6. The van der Waals surface area contributed by atoms with Gasteiger partial charge in [0.1, 0.15) is 23.1 Å². The van der Waals surface area contributed by atoms with Crippen molar-refractivity contribution < 1.29 is 4.74 Å². The minimum Gasteiger partial charge on any atom is -0.456 e. The summed E-state index contributed by atoms with van der Waals surface area (Å²) in [6, 6.07) is 17.6. The van der Waals surface area contributed by atoms with Gasteiger partial charge in [-0.1, -0.05) is 18.2 Å². The Morgan fingerprint density at radius 1 is 1.13 bits per heavy atom. The van der Waals surface area contributed by atoms with E-state index < -0.39 is 0 Å². The highest BCUT2D eigenvalue weighted by atomic mass is 16.5. The number of nitriles is 1. The molecule has 0 spiro atoms. The molecule has 0 amide bonds. The summed E-state index contributed by atoms with van der Waals surface area (Å²) in [7, 11) is 1.82. The third-order valence-corrected chi connectivity index (χ3v) is 5.58. The molecule has 1 fully saturated rings. The molecule has 30 heavy (non-hydrogen) atoms. The molecule has 1 aliphatic rings.